The number of hydrogen-bond donors (Lipinski definition) is 1. The highest BCUT2D eigenvalue weighted by Gasteiger charge is 2.21. The maximum atomic E-state index is 11.5. The van der Waals surface area contributed by atoms with Crippen LogP contribution in [-0.4, -0.2) is 38.1 Å². The van der Waals surface area contributed by atoms with Crippen molar-refractivity contribution in [1.82, 2.24) is 4.90 Å². The first-order chi connectivity index (χ1) is 8.16. The zero-order valence-electron chi connectivity index (χ0n) is 10.4. The molecule has 1 rings (SSSR count). The highest BCUT2D eigenvalue weighted by Crippen LogP contribution is 2.18. The molecule has 1 unspecified atom stereocenters. The van der Waals surface area contributed by atoms with Crippen LogP contribution in [-0.2, 0) is 9.53 Å². The van der Waals surface area contributed by atoms with E-state index >= 15 is 0 Å². The molecule has 0 fully saturated rings. The monoisotopic (exact) mass is 236 g/mol. The Morgan fingerprint density at radius 3 is 2.59 bits per heavy atom. The van der Waals surface area contributed by atoms with E-state index in [0.717, 1.165) is 18.5 Å². The highest BCUT2D eigenvalue weighted by atomic mass is 16.5. The zero-order chi connectivity index (χ0) is 12.7. The molecule has 1 aromatic rings. The fourth-order valence-electron chi connectivity index (χ4n) is 1.86. The van der Waals surface area contributed by atoms with E-state index in [1.54, 1.807) is 7.11 Å². The van der Waals surface area contributed by atoms with Gasteiger partial charge in [0.15, 0.2) is 0 Å². The summed E-state index contributed by atoms with van der Waals surface area (Å²) in [4.78, 5) is 13.5. The number of benzene rings is 1. The van der Waals surface area contributed by atoms with E-state index in [1.165, 1.54) is 0 Å². The molecule has 0 aromatic heterocycles. The van der Waals surface area contributed by atoms with Crippen LogP contribution in [0.15, 0.2) is 30.3 Å². The van der Waals surface area contributed by atoms with E-state index in [2.05, 4.69) is 0 Å². The van der Waals surface area contributed by atoms with Gasteiger partial charge in [0.1, 0.15) is 6.04 Å². The van der Waals surface area contributed by atoms with Gasteiger partial charge in [-0.1, -0.05) is 30.3 Å². The normalized spacial score (nSPS) is 12.6. The highest BCUT2D eigenvalue weighted by molar-refractivity contribution is 5.81. The van der Waals surface area contributed by atoms with Gasteiger partial charge >= 0.3 is 0 Å². The number of carbonyl (C=O) groups excluding carboxylic acids is 1. The molecule has 0 radical (unpaired) electrons. The molecular weight excluding hydrogens is 216 g/mol. The summed E-state index contributed by atoms with van der Waals surface area (Å²) >= 11 is 0. The van der Waals surface area contributed by atoms with Crippen LogP contribution in [0.4, 0.5) is 0 Å². The Kier molecular flexibility index (Phi) is 5.66. The quantitative estimate of drug-likeness (QED) is 0.723. The van der Waals surface area contributed by atoms with Crippen molar-refractivity contribution in [3.05, 3.63) is 35.9 Å². The van der Waals surface area contributed by atoms with Gasteiger partial charge in [0.25, 0.3) is 0 Å². The summed E-state index contributed by atoms with van der Waals surface area (Å²) in [6.45, 7) is 1.46. The lowest BCUT2D eigenvalue weighted by molar-refractivity contribution is -0.123. The molecule has 0 aliphatic rings. The standard InChI is InChI=1S/C13H20N2O2/c1-15(9-6-10-17-2)12(13(14)16)11-7-4-3-5-8-11/h3-5,7-8,12H,6,9-10H2,1-2H3,(H2,14,16). The maximum absolute atomic E-state index is 11.5. The van der Waals surface area contributed by atoms with Gasteiger partial charge in [-0.25, -0.2) is 0 Å². The van der Waals surface area contributed by atoms with Gasteiger partial charge in [0.05, 0.1) is 0 Å². The molecule has 94 valence electrons. The summed E-state index contributed by atoms with van der Waals surface area (Å²) in [6.07, 6.45) is 0.879. The third-order valence-electron chi connectivity index (χ3n) is 2.68. The topological polar surface area (TPSA) is 55.6 Å². The van der Waals surface area contributed by atoms with Crippen molar-refractivity contribution in [1.29, 1.82) is 0 Å². The molecule has 4 heteroatoms. The Labute approximate surface area is 102 Å². The number of hydrogen-bond acceptors (Lipinski definition) is 3. The lowest BCUT2D eigenvalue weighted by Gasteiger charge is -2.25. The lowest BCUT2D eigenvalue weighted by atomic mass is 10.1. The number of methoxy groups -OCH3 is 1. The van der Waals surface area contributed by atoms with Crippen LogP contribution in [0.5, 0.6) is 0 Å². The molecular formula is C13H20N2O2. The third-order valence-corrected chi connectivity index (χ3v) is 2.68. The van der Waals surface area contributed by atoms with Crippen molar-refractivity contribution in [2.45, 2.75) is 12.5 Å². The van der Waals surface area contributed by atoms with Gasteiger partial charge in [-0.3, -0.25) is 9.69 Å². The van der Waals surface area contributed by atoms with Crippen molar-refractivity contribution >= 4 is 5.91 Å². The number of amides is 1. The van der Waals surface area contributed by atoms with Crippen LogP contribution in [0.25, 0.3) is 0 Å². The van der Waals surface area contributed by atoms with Gasteiger partial charge < -0.3 is 10.5 Å². The minimum Gasteiger partial charge on any atom is -0.385 e. The number of likely N-dealkylation sites (N-methyl/N-ethyl adjacent to an activating group) is 1. The van der Waals surface area contributed by atoms with E-state index < -0.39 is 0 Å². The van der Waals surface area contributed by atoms with E-state index in [1.807, 2.05) is 42.3 Å². The average molecular weight is 236 g/mol. The number of nitrogens with two attached hydrogens (primary N) is 1. The van der Waals surface area contributed by atoms with Gasteiger partial charge in [0.2, 0.25) is 5.91 Å². The minimum absolute atomic E-state index is 0.323. The first kappa shape index (κ1) is 13.7. The third kappa shape index (κ3) is 4.17. The zero-order valence-corrected chi connectivity index (χ0v) is 10.4. The Morgan fingerprint density at radius 2 is 2.06 bits per heavy atom. The molecule has 1 amide bonds. The summed E-state index contributed by atoms with van der Waals surface area (Å²) in [5.74, 6) is -0.323. The molecule has 2 N–H and O–H groups in total. The number of primary amides is 1. The van der Waals surface area contributed by atoms with E-state index in [0.29, 0.717) is 6.61 Å². The molecule has 0 saturated carbocycles. The van der Waals surface area contributed by atoms with Crippen molar-refractivity contribution in [2.24, 2.45) is 5.73 Å². The molecule has 0 heterocycles. The number of carbonyl (C=O) groups is 1. The molecule has 0 spiro atoms. The van der Waals surface area contributed by atoms with Crippen molar-refractivity contribution in [2.75, 3.05) is 27.3 Å². The maximum Gasteiger partial charge on any atom is 0.239 e. The summed E-state index contributed by atoms with van der Waals surface area (Å²) < 4.78 is 5.00. The van der Waals surface area contributed by atoms with Crippen LogP contribution in [0.1, 0.15) is 18.0 Å². The Bertz CT molecular complexity index is 341. The molecule has 4 nitrogen and oxygen atoms in total. The number of nitrogens with zero attached hydrogens (tertiary/aromatic N) is 1. The van der Waals surface area contributed by atoms with E-state index in [4.69, 9.17) is 10.5 Å². The Hall–Kier alpha value is -1.39. The smallest absolute Gasteiger partial charge is 0.239 e. The second-order valence-corrected chi connectivity index (χ2v) is 4.04. The Balaban J connectivity index is 2.69. The summed E-state index contributed by atoms with van der Waals surface area (Å²) in [7, 11) is 3.57. The van der Waals surface area contributed by atoms with Crippen molar-refractivity contribution < 1.29 is 9.53 Å². The van der Waals surface area contributed by atoms with Crippen LogP contribution in [0.2, 0.25) is 0 Å². The predicted octanol–water partition coefficient (Wildman–Crippen LogP) is 1.18. The summed E-state index contributed by atoms with van der Waals surface area (Å²) in [5, 5.41) is 0. The summed E-state index contributed by atoms with van der Waals surface area (Å²) in [6, 6.07) is 9.22. The fraction of sp³-hybridized carbons (Fsp3) is 0.462. The first-order valence-electron chi connectivity index (χ1n) is 5.70. The van der Waals surface area contributed by atoms with Crippen molar-refractivity contribution in [3.8, 4) is 0 Å². The van der Waals surface area contributed by atoms with E-state index in [-0.39, 0.29) is 11.9 Å². The molecule has 0 aliphatic heterocycles. The molecule has 1 aromatic carbocycles. The molecule has 1 atom stereocenters. The van der Waals surface area contributed by atoms with Gasteiger partial charge in [0, 0.05) is 20.3 Å². The van der Waals surface area contributed by atoms with Crippen LogP contribution < -0.4 is 5.73 Å². The van der Waals surface area contributed by atoms with Crippen LogP contribution in [0, 0.1) is 0 Å². The van der Waals surface area contributed by atoms with Crippen molar-refractivity contribution in [3.63, 3.8) is 0 Å². The van der Waals surface area contributed by atoms with Crippen LogP contribution >= 0.6 is 0 Å². The largest absolute Gasteiger partial charge is 0.385 e. The predicted molar refractivity (Wildman–Crippen MR) is 67.5 cm³/mol. The van der Waals surface area contributed by atoms with Gasteiger partial charge in [-0.05, 0) is 19.0 Å². The average Bonchev–Trinajstić information content (AvgIpc) is 2.30. The fourth-order valence-corrected chi connectivity index (χ4v) is 1.86. The summed E-state index contributed by atoms with van der Waals surface area (Å²) in [5.41, 5.74) is 6.39. The van der Waals surface area contributed by atoms with E-state index in [9.17, 15) is 4.79 Å². The van der Waals surface area contributed by atoms with Gasteiger partial charge in [-0.2, -0.15) is 0 Å². The molecule has 17 heavy (non-hydrogen) atoms. The Morgan fingerprint density at radius 1 is 1.41 bits per heavy atom. The minimum atomic E-state index is -0.368. The second kappa shape index (κ2) is 7.04. The number of ether oxygens (including phenoxy) is 1. The van der Waals surface area contributed by atoms with Crippen LogP contribution in [0.3, 0.4) is 0 Å². The lowest BCUT2D eigenvalue weighted by Crippen LogP contribution is -2.36. The SMILES string of the molecule is COCCCN(C)C(C(N)=O)c1ccccc1. The molecule has 0 bridgehead atoms. The number of rotatable bonds is 7. The second-order valence-electron chi connectivity index (χ2n) is 4.04. The molecule has 0 saturated heterocycles. The molecule has 0 aliphatic carbocycles. The van der Waals surface area contributed by atoms with Gasteiger partial charge in [-0.15, -0.1) is 0 Å². The first-order valence-corrected chi connectivity index (χ1v) is 5.70.